The second-order valence-electron chi connectivity index (χ2n) is 5.54. The van der Waals surface area contributed by atoms with Crippen LogP contribution < -0.4 is 4.72 Å². The maximum Gasteiger partial charge on any atom is 0.338 e. The van der Waals surface area contributed by atoms with E-state index in [9.17, 15) is 18.0 Å². The predicted molar refractivity (Wildman–Crippen MR) is 92.7 cm³/mol. The lowest BCUT2D eigenvalue weighted by molar-refractivity contribution is -0.143. The van der Waals surface area contributed by atoms with Crippen molar-refractivity contribution in [2.75, 3.05) is 32.8 Å². The number of carbonyl (C=O) groups excluding carboxylic acids is 2. The van der Waals surface area contributed by atoms with Crippen LogP contribution in [0.15, 0.2) is 29.2 Å². The molecule has 1 aliphatic rings. The minimum atomic E-state index is -3.83. The average Bonchev–Trinajstić information content (AvgIpc) is 2.66. The van der Waals surface area contributed by atoms with Crippen molar-refractivity contribution in [3.05, 3.63) is 29.8 Å². The Labute approximate surface area is 152 Å². The smallest absolute Gasteiger partial charge is 0.338 e. The number of benzene rings is 1. The normalized spacial score (nSPS) is 15.8. The van der Waals surface area contributed by atoms with E-state index in [0.717, 1.165) is 0 Å². The van der Waals surface area contributed by atoms with Gasteiger partial charge in [0.25, 0.3) is 5.91 Å². The Morgan fingerprint density at radius 1 is 1.38 bits per heavy atom. The van der Waals surface area contributed by atoms with Gasteiger partial charge < -0.3 is 14.4 Å². The summed E-state index contributed by atoms with van der Waals surface area (Å²) in [5.41, 5.74) is 0.0233. The molecule has 0 spiro atoms. The Bertz CT molecular complexity index is 809. The van der Waals surface area contributed by atoms with Crippen LogP contribution in [0.25, 0.3) is 0 Å². The first-order valence-electron chi connectivity index (χ1n) is 7.96. The van der Waals surface area contributed by atoms with Gasteiger partial charge in [0, 0.05) is 13.1 Å². The molecule has 1 heterocycles. The molecule has 0 bridgehead atoms. The van der Waals surface area contributed by atoms with Crippen molar-refractivity contribution in [2.24, 2.45) is 0 Å². The number of sulfonamides is 1. The number of hydrogen-bond acceptors (Lipinski definition) is 6. The molecule has 0 radical (unpaired) electrons. The fraction of sp³-hybridized carbons (Fsp3) is 0.412. The van der Waals surface area contributed by atoms with Crippen molar-refractivity contribution < 1.29 is 27.5 Å². The summed E-state index contributed by atoms with van der Waals surface area (Å²) in [7, 11) is -3.83. The molecule has 1 saturated heterocycles. The van der Waals surface area contributed by atoms with Gasteiger partial charge in [-0.05, 0) is 25.1 Å². The Morgan fingerprint density at radius 3 is 2.73 bits per heavy atom. The van der Waals surface area contributed by atoms with Crippen LogP contribution in [0.4, 0.5) is 0 Å². The third kappa shape index (κ3) is 5.05. The molecular formula is C17H20N2O6S. The van der Waals surface area contributed by atoms with Gasteiger partial charge in [0.2, 0.25) is 10.0 Å². The number of ether oxygens (including phenoxy) is 2. The van der Waals surface area contributed by atoms with E-state index in [1.807, 2.05) is 0 Å². The van der Waals surface area contributed by atoms with Gasteiger partial charge in [-0.15, -0.1) is 6.42 Å². The lowest BCUT2D eigenvalue weighted by Gasteiger charge is -2.28. The van der Waals surface area contributed by atoms with Gasteiger partial charge in [-0.1, -0.05) is 12.0 Å². The van der Waals surface area contributed by atoms with Crippen LogP contribution in [0.2, 0.25) is 0 Å². The van der Waals surface area contributed by atoms with Crippen LogP contribution >= 0.6 is 0 Å². The molecule has 1 fully saturated rings. The summed E-state index contributed by atoms with van der Waals surface area (Å²) in [6.45, 7) is 3.07. The number of terminal acetylenes is 1. The summed E-state index contributed by atoms with van der Waals surface area (Å²) in [4.78, 5) is 26.0. The zero-order valence-corrected chi connectivity index (χ0v) is 15.1. The van der Waals surface area contributed by atoms with Gasteiger partial charge >= 0.3 is 5.97 Å². The average molecular weight is 380 g/mol. The van der Waals surface area contributed by atoms with Gasteiger partial charge in [-0.3, -0.25) is 4.79 Å². The molecule has 0 saturated carbocycles. The van der Waals surface area contributed by atoms with Gasteiger partial charge in [0.1, 0.15) is 0 Å². The molecule has 1 N–H and O–H groups in total. The second-order valence-corrected chi connectivity index (χ2v) is 7.31. The number of amides is 1. The summed E-state index contributed by atoms with van der Waals surface area (Å²) in [6, 6.07) is 5.33. The van der Waals surface area contributed by atoms with Crippen LogP contribution in [0.1, 0.15) is 17.3 Å². The summed E-state index contributed by atoms with van der Waals surface area (Å²) in [5.74, 6) is 1.07. The first-order chi connectivity index (χ1) is 12.3. The molecule has 1 aromatic rings. The van der Waals surface area contributed by atoms with Crippen LogP contribution in [-0.4, -0.2) is 64.1 Å². The van der Waals surface area contributed by atoms with E-state index in [-0.39, 0.29) is 22.9 Å². The molecule has 0 aliphatic carbocycles. The van der Waals surface area contributed by atoms with Gasteiger partial charge in [-0.2, -0.15) is 4.72 Å². The summed E-state index contributed by atoms with van der Waals surface area (Å²) in [5, 5.41) is 0. The van der Waals surface area contributed by atoms with Gasteiger partial charge in [0.05, 0.1) is 30.2 Å². The number of esters is 1. The third-order valence-electron chi connectivity index (χ3n) is 3.70. The fourth-order valence-electron chi connectivity index (χ4n) is 2.33. The lowest BCUT2D eigenvalue weighted by Crippen LogP contribution is -2.46. The molecule has 8 nitrogen and oxygen atoms in total. The van der Waals surface area contributed by atoms with Crippen LogP contribution in [0.5, 0.6) is 0 Å². The van der Waals surface area contributed by atoms with Crippen molar-refractivity contribution >= 4 is 21.9 Å². The molecule has 2 rings (SSSR count). The minimum absolute atomic E-state index is 0.0233. The van der Waals surface area contributed by atoms with Gasteiger partial charge in [-0.25, -0.2) is 13.2 Å². The molecule has 9 heteroatoms. The van der Waals surface area contributed by atoms with E-state index < -0.39 is 22.1 Å². The molecule has 140 valence electrons. The fourth-order valence-corrected chi connectivity index (χ4v) is 3.31. The molecule has 1 unspecified atom stereocenters. The van der Waals surface area contributed by atoms with Gasteiger partial charge in [0.15, 0.2) is 6.10 Å². The summed E-state index contributed by atoms with van der Waals surface area (Å²) in [6.07, 6.45) is 4.06. The zero-order valence-electron chi connectivity index (χ0n) is 14.3. The molecule has 0 aromatic heterocycles. The highest BCUT2D eigenvalue weighted by atomic mass is 32.2. The SMILES string of the molecule is C#CCNS(=O)(=O)c1cccc(C(=O)OC(C)C(=O)N2CCOCC2)c1. The first kappa shape index (κ1) is 19.9. The highest BCUT2D eigenvalue weighted by molar-refractivity contribution is 7.89. The number of morpholine rings is 1. The molecule has 1 amide bonds. The van der Waals surface area contributed by atoms with E-state index in [4.69, 9.17) is 15.9 Å². The minimum Gasteiger partial charge on any atom is -0.449 e. The van der Waals surface area contributed by atoms with E-state index in [0.29, 0.717) is 26.3 Å². The molecule has 26 heavy (non-hydrogen) atoms. The van der Waals surface area contributed by atoms with Crippen molar-refractivity contribution in [2.45, 2.75) is 17.9 Å². The van der Waals surface area contributed by atoms with E-state index in [1.165, 1.54) is 31.2 Å². The molecule has 1 aliphatic heterocycles. The highest BCUT2D eigenvalue weighted by Gasteiger charge is 2.26. The highest BCUT2D eigenvalue weighted by Crippen LogP contribution is 2.14. The summed E-state index contributed by atoms with van der Waals surface area (Å²) >= 11 is 0. The number of hydrogen-bond donors (Lipinski definition) is 1. The molecule has 1 atom stereocenters. The largest absolute Gasteiger partial charge is 0.449 e. The molecule has 1 aromatic carbocycles. The van der Waals surface area contributed by atoms with Crippen molar-refractivity contribution in [1.29, 1.82) is 0 Å². The number of nitrogens with zero attached hydrogens (tertiary/aromatic N) is 1. The van der Waals surface area contributed by atoms with Crippen molar-refractivity contribution in [3.63, 3.8) is 0 Å². The summed E-state index contributed by atoms with van der Waals surface area (Å²) < 4.78 is 36.7. The predicted octanol–water partition coefficient (Wildman–Crippen LogP) is 0.00220. The van der Waals surface area contributed by atoms with E-state index >= 15 is 0 Å². The van der Waals surface area contributed by atoms with E-state index in [2.05, 4.69) is 10.6 Å². The zero-order chi connectivity index (χ0) is 19.2. The monoisotopic (exact) mass is 380 g/mol. The Hall–Kier alpha value is -2.41. The lowest BCUT2D eigenvalue weighted by atomic mass is 10.2. The van der Waals surface area contributed by atoms with Crippen LogP contribution in [0, 0.1) is 12.3 Å². The number of nitrogens with one attached hydrogen (secondary N) is 1. The Morgan fingerprint density at radius 2 is 2.08 bits per heavy atom. The number of rotatable bonds is 6. The quantitative estimate of drug-likeness (QED) is 0.551. The topological polar surface area (TPSA) is 102 Å². The molecular weight excluding hydrogens is 360 g/mol. The second kappa shape index (κ2) is 8.80. The number of carbonyl (C=O) groups is 2. The van der Waals surface area contributed by atoms with E-state index in [1.54, 1.807) is 4.90 Å². The van der Waals surface area contributed by atoms with Crippen molar-refractivity contribution in [3.8, 4) is 12.3 Å². The third-order valence-corrected chi connectivity index (χ3v) is 5.10. The van der Waals surface area contributed by atoms with Crippen molar-refractivity contribution in [1.82, 2.24) is 9.62 Å². The van der Waals surface area contributed by atoms with Crippen LogP contribution in [-0.2, 0) is 24.3 Å². The maximum absolute atomic E-state index is 12.3. The standard InChI is InChI=1S/C17H20N2O6S/c1-3-7-18-26(22,23)15-6-4-5-14(12-15)17(21)25-13(2)16(20)19-8-10-24-11-9-19/h1,4-6,12-13,18H,7-11H2,2H3. The first-order valence-corrected chi connectivity index (χ1v) is 9.44. The van der Waals surface area contributed by atoms with Crippen LogP contribution in [0.3, 0.4) is 0 Å². The maximum atomic E-state index is 12.3. The Balaban J connectivity index is 2.06. The Kier molecular flexibility index (Phi) is 6.74.